The standard InChI is InChI=1S/C29H40N4O4S/c1-31-10-12-32(13-11-31)14-15-36-16-17-37-22-26-23-38-29(30-26)33(20-24-6-4-8-27(18-24)34-2)21-25-7-5-9-28(19-25)35-3/h4-9,18-19,23H,10-17,20-22H2,1-3H3. The number of methoxy groups -OCH3 is 2. The highest BCUT2D eigenvalue weighted by atomic mass is 32.1. The van der Waals surface area contributed by atoms with Gasteiger partial charge in [-0.2, -0.15) is 0 Å². The fourth-order valence-corrected chi connectivity index (χ4v) is 5.15. The van der Waals surface area contributed by atoms with Crippen molar-refractivity contribution in [1.82, 2.24) is 14.8 Å². The Kier molecular flexibility index (Phi) is 11.2. The smallest absolute Gasteiger partial charge is 0.186 e. The molecule has 1 saturated heterocycles. The Morgan fingerprint density at radius 2 is 1.47 bits per heavy atom. The van der Waals surface area contributed by atoms with Gasteiger partial charge in [0.1, 0.15) is 11.5 Å². The lowest BCUT2D eigenvalue weighted by Crippen LogP contribution is -2.45. The highest BCUT2D eigenvalue weighted by Gasteiger charge is 2.15. The van der Waals surface area contributed by atoms with Gasteiger partial charge in [-0.15, -0.1) is 11.3 Å². The second-order valence-electron chi connectivity index (χ2n) is 9.49. The van der Waals surface area contributed by atoms with E-state index >= 15 is 0 Å². The van der Waals surface area contributed by atoms with Crippen LogP contribution in [0, 0.1) is 0 Å². The van der Waals surface area contributed by atoms with Crippen molar-refractivity contribution in [3.05, 3.63) is 70.7 Å². The summed E-state index contributed by atoms with van der Waals surface area (Å²) in [6.07, 6.45) is 0. The van der Waals surface area contributed by atoms with E-state index in [1.807, 2.05) is 24.3 Å². The summed E-state index contributed by atoms with van der Waals surface area (Å²) < 4.78 is 22.5. The number of thiazole rings is 1. The van der Waals surface area contributed by atoms with Crippen molar-refractivity contribution in [2.75, 3.05) is 78.7 Å². The van der Waals surface area contributed by atoms with Gasteiger partial charge in [-0.05, 0) is 42.4 Å². The van der Waals surface area contributed by atoms with Gasteiger partial charge in [0.25, 0.3) is 0 Å². The molecule has 0 bridgehead atoms. The molecular formula is C29H40N4O4S. The third-order valence-corrected chi connectivity index (χ3v) is 7.55. The molecule has 4 rings (SSSR count). The fraction of sp³-hybridized carbons (Fsp3) is 0.483. The first kappa shape index (κ1) is 28.3. The van der Waals surface area contributed by atoms with Crippen LogP contribution in [0.5, 0.6) is 11.5 Å². The van der Waals surface area contributed by atoms with Gasteiger partial charge in [0, 0.05) is 51.2 Å². The Labute approximate surface area is 230 Å². The number of aromatic nitrogens is 1. The highest BCUT2D eigenvalue weighted by Crippen LogP contribution is 2.27. The van der Waals surface area contributed by atoms with E-state index in [0.717, 1.165) is 72.8 Å². The Balaban J connectivity index is 1.28. The van der Waals surface area contributed by atoms with Crippen LogP contribution in [0.2, 0.25) is 0 Å². The maximum Gasteiger partial charge on any atom is 0.186 e. The molecule has 9 heteroatoms. The molecule has 1 aliphatic heterocycles. The van der Waals surface area contributed by atoms with Crippen LogP contribution in [0.3, 0.4) is 0 Å². The van der Waals surface area contributed by atoms with Crippen molar-refractivity contribution in [2.45, 2.75) is 19.7 Å². The molecule has 0 aliphatic carbocycles. The van der Waals surface area contributed by atoms with Crippen LogP contribution in [0.25, 0.3) is 0 Å². The van der Waals surface area contributed by atoms with Crippen molar-refractivity contribution in [3.8, 4) is 11.5 Å². The molecule has 1 fully saturated rings. The summed E-state index contributed by atoms with van der Waals surface area (Å²) in [5.41, 5.74) is 3.26. The average molecular weight is 541 g/mol. The molecule has 2 heterocycles. The van der Waals surface area contributed by atoms with Crippen molar-refractivity contribution >= 4 is 16.5 Å². The molecule has 1 aromatic heterocycles. The SMILES string of the molecule is COc1cccc(CN(Cc2cccc(OC)c2)c2nc(COCCOCCN3CCN(C)CC3)cs2)c1. The minimum atomic E-state index is 0.477. The van der Waals surface area contributed by atoms with E-state index < -0.39 is 0 Å². The molecule has 38 heavy (non-hydrogen) atoms. The van der Waals surface area contributed by atoms with E-state index in [1.165, 1.54) is 0 Å². The topological polar surface area (TPSA) is 59.5 Å². The molecule has 0 saturated carbocycles. The predicted octanol–water partition coefficient (Wildman–Crippen LogP) is 4.15. The van der Waals surface area contributed by atoms with Gasteiger partial charge in [-0.25, -0.2) is 4.98 Å². The van der Waals surface area contributed by atoms with E-state index in [9.17, 15) is 0 Å². The summed E-state index contributed by atoms with van der Waals surface area (Å²) in [5.74, 6) is 1.70. The van der Waals surface area contributed by atoms with Crippen molar-refractivity contribution in [3.63, 3.8) is 0 Å². The summed E-state index contributed by atoms with van der Waals surface area (Å²) >= 11 is 1.64. The average Bonchev–Trinajstić information content (AvgIpc) is 3.42. The molecule has 2 aromatic carbocycles. The fourth-order valence-electron chi connectivity index (χ4n) is 4.34. The van der Waals surface area contributed by atoms with Crippen LogP contribution in [-0.4, -0.2) is 88.6 Å². The summed E-state index contributed by atoms with van der Waals surface area (Å²) in [4.78, 5) is 12.0. The molecule has 0 spiro atoms. The van der Waals surface area contributed by atoms with Crippen LogP contribution in [0.1, 0.15) is 16.8 Å². The molecule has 206 valence electrons. The van der Waals surface area contributed by atoms with Gasteiger partial charge in [0.15, 0.2) is 5.13 Å². The molecule has 0 unspecified atom stereocenters. The Hall–Kier alpha value is -2.69. The lowest BCUT2D eigenvalue weighted by atomic mass is 10.1. The first-order valence-corrected chi connectivity index (χ1v) is 14.0. The zero-order chi connectivity index (χ0) is 26.6. The maximum absolute atomic E-state index is 5.86. The lowest BCUT2D eigenvalue weighted by molar-refractivity contribution is 0.0271. The molecule has 1 aliphatic rings. The molecule has 0 amide bonds. The largest absolute Gasteiger partial charge is 0.497 e. The Morgan fingerprint density at radius 3 is 2.11 bits per heavy atom. The second kappa shape index (κ2) is 15.0. The van der Waals surface area contributed by atoms with E-state index in [0.29, 0.717) is 32.9 Å². The number of ether oxygens (including phenoxy) is 4. The molecule has 3 aromatic rings. The number of hydrogen-bond acceptors (Lipinski definition) is 9. The zero-order valence-corrected chi connectivity index (χ0v) is 23.6. The summed E-state index contributed by atoms with van der Waals surface area (Å²) in [7, 11) is 5.56. The third kappa shape index (κ3) is 8.96. The van der Waals surface area contributed by atoms with E-state index in [4.69, 9.17) is 23.9 Å². The number of rotatable bonds is 15. The first-order chi connectivity index (χ1) is 18.6. The number of nitrogens with zero attached hydrogens (tertiary/aromatic N) is 4. The van der Waals surface area contributed by atoms with Crippen LogP contribution in [0.4, 0.5) is 5.13 Å². The van der Waals surface area contributed by atoms with Crippen LogP contribution in [-0.2, 0) is 29.2 Å². The number of hydrogen-bond donors (Lipinski definition) is 0. The molecule has 8 nitrogen and oxygen atoms in total. The van der Waals surface area contributed by atoms with Crippen molar-refractivity contribution in [1.29, 1.82) is 0 Å². The van der Waals surface area contributed by atoms with Gasteiger partial charge >= 0.3 is 0 Å². The van der Waals surface area contributed by atoms with Gasteiger partial charge in [-0.1, -0.05) is 24.3 Å². The third-order valence-electron chi connectivity index (χ3n) is 6.60. The van der Waals surface area contributed by atoms with Gasteiger partial charge < -0.3 is 28.7 Å². The van der Waals surface area contributed by atoms with Gasteiger partial charge in [-0.3, -0.25) is 4.90 Å². The minimum Gasteiger partial charge on any atom is -0.497 e. The summed E-state index contributed by atoms with van der Waals surface area (Å²) in [5, 5.41) is 3.03. The van der Waals surface area contributed by atoms with E-state index in [2.05, 4.69) is 51.4 Å². The predicted molar refractivity (Wildman–Crippen MR) is 152 cm³/mol. The van der Waals surface area contributed by atoms with Gasteiger partial charge in [0.2, 0.25) is 0 Å². The Morgan fingerprint density at radius 1 is 0.842 bits per heavy atom. The normalized spacial score (nSPS) is 14.5. The number of benzene rings is 2. The maximum atomic E-state index is 5.86. The molecule has 0 radical (unpaired) electrons. The van der Waals surface area contributed by atoms with Crippen LogP contribution in [0.15, 0.2) is 53.9 Å². The minimum absolute atomic E-state index is 0.477. The number of likely N-dealkylation sites (N-methyl/N-ethyl adjacent to an activating group) is 1. The zero-order valence-electron chi connectivity index (χ0n) is 22.8. The summed E-state index contributed by atoms with van der Waals surface area (Å²) in [6, 6.07) is 16.3. The molecule has 0 N–H and O–H groups in total. The monoisotopic (exact) mass is 540 g/mol. The van der Waals surface area contributed by atoms with E-state index in [-0.39, 0.29) is 0 Å². The molecule has 0 atom stereocenters. The van der Waals surface area contributed by atoms with E-state index in [1.54, 1.807) is 25.6 Å². The number of anilines is 1. The first-order valence-electron chi connectivity index (χ1n) is 13.1. The highest BCUT2D eigenvalue weighted by molar-refractivity contribution is 7.13. The Bertz CT molecular complexity index is 1050. The second-order valence-corrected chi connectivity index (χ2v) is 10.3. The summed E-state index contributed by atoms with van der Waals surface area (Å²) in [6.45, 7) is 9.30. The number of piperazine rings is 1. The molecular weight excluding hydrogens is 500 g/mol. The quantitative estimate of drug-likeness (QED) is 0.267. The van der Waals surface area contributed by atoms with Gasteiger partial charge in [0.05, 0.1) is 46.3 Å². The van der Waals surface area contributed by atoms with Crippen LogP contribution >= 0.6 is 11.3 Å². The van der Waals surface area contributed by atoms with Crippen molar-refractivity contribution < 1.29 is 18.9 Å². The van der Waals surface area contributed by atoms with Crippen molar-refractivity contribution in [2.24, 2.45) is 0 Å². The lowest BCUT2D eigenvalue weighted by Gasteiger charge is -2.32. The van der Waals surface area contributed by atoms with Crippen LogP contribution < -0.4 is 14.4 Å².